The molecule has 1 aromatic heterocycles. The van der Waals surface area contributed by atoms with Gasteiger partial charge in [-0.15, -0.1) is 10.2 Å². The second-order valence-electron chi connectivity index (χ2n) is 4.87. The third kappa shape index (κ3) is 4.65. The van der Waals surface area contributed by atoms with E-state index >= 15 is 0 Å². The number of nitrogens with zero attached hydrogens (tertiary/aromatic N) is 2. The van der Waals surface area contributed by atoms with Gasteiger partial charge in [-0.2, -0.15) is 0 Å². The molecule has 0 aliphatic heterocycles. The summed E-state index contributed by atoms with van der Waals surface area (Å²) in [7, 11) is 0. The predicted octanol–water partition coefficient (Wildman–Crippen LogP) is 4.89. The molecule has 3 nitrogen and oxygen atoms in total. The topological polar surface area (TPSA) is 37.8 Å². The van der Waals surface area contributed by atoms with E-state index in [2.05, 4.69) is 29.4 Å². The van der Waals surface area contributed by atoms with Gasteiger partial charge < -0.3 is 5.32 Å². The maximum absolute atomic E-state index is 6.04. The Morgan fingerprint density at radius 2 is 2.00 bits per heavy atom. The van der Waals surface area contributed by atoms with E-state index in [1.54, 1.807) is 11.3 Å². The molecule has 0 spiro atoms. The Morgan fingerprint density at radius 1 is 1.19 bits per heavy atom. The van der Waals surface area contributed by atoms with Gasteiger partial charge in [-0.3, -0.25) is 0 Å². The van der Waals surface area contributed by atoms with Gasteiger partial charge in [0.15, 0.2) is 0 Å². The lowest BCUT2D eigenvalue weighted by atomic mass is 10.2. The molecule has 0 aliphatic carbocycles. The number of aromatic nitrogens is 2. The largest absolute Gasteiger partial charge is 0.308 e. The summed E-state index contributed by atoms with van der Waals surface area (Å²) < 4.78 is 0. The number of nitrogens with one attached hydrogen (secondary N) is 1. The minimum atomic E-state index is 0.296. The maximum atomic E-state index is 6.04. The Kier molecular flexibility index (Phi) is 6.42. The Hall–Kier alpha value is -0.680. The van der Waals surface area contributed by atoms with Crippen LogP contribution in [-0.4, -0.2) is 16.7 Å². The monoisotopic (exact) mass is 343 g/mol. The van der Waals surface area contributed by atoms with Gasteiger partial charge in [-0.25, -0.2) is 0 Å². The predicted molar refractivity (Wildman–Crippen MR) is 90.5 cm³/mol. The van der Waals surface area contributed by atoms with Crippen LogP contribution in [0.3, 0.4) is 0 Å². The van der Waals surface area contributed by atoms with Crippen molar-refractivity contribution in [3.8, 4) is 0 Å². The number of halogens is 2. The lowest BCUT2D eigenvalue weighted by Crippen LogP contribution is -2.21. The zero-order valence-electron chi connectivity index (χ0n) is 12.2. The van der Waals surface area contributed by atoms with Gasteiger partial charge in [0.25, 0.3) is 0 Å². The molecule has 21 heavy (non-hydrogen) atoms. The summed E-state index contributed by atoms with van der Waals surface area (Å²) in [5, 5.41) is 15.3. The van der Waals surface area contributed by atoms with Crippen molar-refractivity contribution in [2.75, 3.05) is 6.54 Å². The summed E-state index contributed by atoms with van der Waals surface area (Å²) in [6.45, 7) is 5.32. The van der Waals surface area contributed by atoms with Crippen LogP contribution < -0.4 is 5.32 Å². The normalized spacial score (nSPS) is 12.6. The molecule has 1 heterocycles. The van der Waals surface area contributed by atoms with E-state index in [-0.39, 0.29) is 0 Å². The van der Waals surface area contributed by atoms with Gasteiger partial charge in [0.2, 0.25) is 0 Å². The standard InChI is InChI=1S/C15H19Cl2N3S/c1-3-7-18-13(4-2)15-20-19-14(21-15)9-10-5-6-11(16)12(17)8-10/h5-6,8,13,18H,3-4,7,9H2,1-2H3. The van der Waals surface area contributed by atoms with Crippen molar-refractivity contribution in [2.45, 2.75) is 39.2 Å². The molecule has 1 atom stereocenters. The van der Waals surface area contributed by atoms with Crippen molar-refractivity contribution in [3.05, 3.63) is 43.8 Å². The zero-order chi connectivity index (χ0) is 15.2. The summed E-state index contributed by atoms with van der Waals surface area (Å²) in [4.78, 5) is 0. The minimum absolute atomic E-state index is 0.296. The van der Waals surface area contributed by atoms with Gasteiger partial charge in [-0.05, 0) is 37.1 Å². The Labute approximate surface area is 139 Å². The number of rotatable bonds is 7. The van der Waals surface area contributed by atoms with Crippen molar-refractivity contribution in [2.24, 2.45) is 0 Å². The van der Waals surface area contributed by atoms with Gasteiger partial charge in [0.1, 0.15) is 10.0 Å². The molecule has 6 heteroatoms. The van der Waals surface area contributed by atoms with Crippen molar-refractivity contribution in [3.63, 3.8) is 0 Å². The fourth-order valence-electron chi connectivity index (χ4n) is 2.03. The zero-order valence-corrected chi connectivity index (χ0v) is 14.5. The third-order valence-electron chi connectivity index (χ3n) is 3.17. The van der Waals surface area contributed by atoms with E-state index in [9.17, 15) is 0 Å². The van der Waals surface area contributed by atoms with Crippen LogP contribution in [0.1, 0.15) is 48.3 Å². The van der Waals surface area contributed by atoms with E-state index in [1.165, 1.54) is 0 Å². The van der Waals surface area contributed by atoms with Crippen LogP contribution in [-0.2, 0) is 6.42 Å². The first kappa shape index (κ1) is 16.7. The van der Waals surface area contributed by atoms with Crippen LogP contribution in [0.15, 0.2) is 18.2 Å². The average molecular weight is 344 g/mol. The van der Waals surface area contributed by atoms with Gasteiger partial charge in [0.05, 0.1) is 16.1 Å². The van der Waals surface area contributed by atoms with Crippen LogP contribution >= 0.6 is 34.5 Å². The molecule has 0 bridgehead atoms. The summed E-state index contributed by atoms with van der Waals surface area (Å²) in [5.41, 5.74) is 1.10. The van der Waals surface area contributed by atoms with Crippen molar-refractivity contribution in [1.82, 2.24) is 15.5 Å². The summed E-state index contributed by atoms with van der Waals surface area (Å²) in [5.74, 6) is 0. The Bertz CT molecular complexity index is 586. The van der Waals surface area contributed by atoms with Crippen LogP contribution in [0.4, 0.5) is 0 Å². The van der Waals surface area contributed by atoms with Gasteiger partial charge in [-0.1, -0.05) is 54.5 Å². The van der Waals surface area contributed by atoms with E-state index < -0.39 is 0 Å². The SMILES string of the molecule is CCCNC(CC)c1nnc(Cc2ccc(Cl)c(Cl)c2)s1. The highest BCUT2D eigenvalue weighted by Gasteiger charge is 2.14. The van der Waals surface area contributed by atoms with Crippen LogP contribution in [0.25, 0.3) is 0 Å². The van der Waals surface area contributed by atoms with Crippen LogP contribution in [0, 0.1) is 0 Å². The third-order valence-corrected chi connectivity index (χ3v) is 4.94. The highest BCUT2D eigenvalue weighted by molar-refractivity contribution is 7.11. The van der Waals surface area contributed by atoms with Crippen LogP contribution in [0.5, 0.6) is 0 Å². The molecule has 0 saturated carbocycles. The second kappa shape index (κ2) is 8.08. The quantitative estimate of drug-likeness (QED) is 0.777. The molecule has 114 valence electrons. The molecule has 0 saturated heterocycles. The number of hydrogen-bond acceptors (Lipinski definition) is 4. The second-order valence-corrected chi connectivity index (χ2v) is 6.78. The van der Waals surface area contributed by atoms with Crippen molar-refractivity contribution >= 4 is 34.5 Å². The lowest BCUT2D eigenvalue weighted by Gasteiger charge is -2.12. The molecule has 1 aromatic carbocycles. The molecule has 2 rings (SSSR count). The first-order valence-electron chi connectivity index (χ1n) is 7.13. The smallest absolute Gasteiger partial charge is 0.134 e. The molecule has 0 radical (unpaired) electrons. The van der Waals surface area contributed by atoms with E-state index in [0.717, 1.165) is 41.4 Å². The molecule has 1 unspecified atom stereocenters. The average Bonchev–Trinajstić information content (AvgIpc) is 2.92. The molecule has 1 N–H and O–H groups in total. The van der Waals surface area contributed by atoms with Gasteiger partial charge in [0, 0.05) is 6.42 Å². The summed E-state index contributed by atoms with van der Waals surface area (Å²) in [6, 6.07) is 5.98. The highest BCUT2D eigenvalue weighted by Crippen LogP contribution is 2.26. The Balaban J connectivity index is 2.06. The highest BCUT2D eigenvalue weighted by atomic mass is 35.5. The Morgan fingerprint density at radius 3 is 2.67 bits per heavy atom. The number of benzene rings is 1. The molecular formula is C15H19Cl2N3S. The van der Waals surface area contributed by atoms with Crippen LogP contribution in [0.2, 0.25) is 10.0 Å². The van der Waals surface area contributed by atoms with E-state index in [0.29, 0.717) is 16.1 Å². The summed E-state index contributed by atoms with van der Waals surface area (Å²) in [6.07, 6.45) is 2.87. The molecule has 2 aromatic rings. The van der Waals surface area contributed by atoms with E-state index in [4.69, 9.17) is 23.2 Å². The lowest BCUT2D eigenvalue weighted by molar-refractivity contribution is 0.513. The number of hydrogen-bond donors (Lipinski definition) is 1. The van der Waals surface area contributed by atoms with Crippen molar-refractivity contribution < 1.29 is 0 Å². The first-order chi connectivity index (χ1) is 10.1. The first-order valence-corrected chi connectivity index (χ1v) is 8.70. The van der Waals surface area contributed by atoms with Gasteiger partial charge >= 0.3 is 0 Å². The van der Waals surface area contributed by atoms with E-state index in [1.807, 2.05) is 18.2 Å². The molecule has 0 fully saturated rings. The molecular weight excluding hydrogens is 325 g/mol. The fourth-order valence-corrected chi connectivity index (χ4v) is 3.38. The van der Waals surface area contributed by atoms with Crippen molar-refractivity contribution in [1.29, 1.82) is 0 Å². The maximum Gasteiger partial charge on any atom is 0.134 e. The fraction of sp³-hybridized carbons (Fsp3) is 0.467. The molecule has 0 amide bonds. The minimum Gasteiger partial charge on any atom is -0.308 e. The summed E-state index contributed by atoms with van der Waals surface area (Å²) >= 11 is 13.6. The molecule has 0 aliphatic rings.